The average Bonchev–Trinajstić information content (AvgIpc) is 2.63. The summed E-state index contributed by atoms with van der Waals surface area (Å²) in [7, 11) is 0. The number of carbonyl (C=O) groups is 1. The van der Waals surface area contributed by atoms with Gasteiger partial charge in [0.2, 0.25) is 0 Å². The molecule has 1 aromatic carbocycles. The Kier molecular flexibility index (Phi) is 5.38. The molecule has 0 saturated heterocycles. The van der Waals surface area contributed by atoms with Gasteiger partial charge in [-0.05, 0) is 62.7 Å². The van der Waals surface area contributed by atoms with Crippen molar-refractivity contribution in [1.29, 1.82) is 0 Å². The van der Waals surface area contributed by atoms with Gasteiger partial charge in [-0.3, -0.25) is 4.79 Å². The average molecular weight is 369 g/mol. The van der Waals surface area contributed by atoms with Crippen molar-refractivity contribution in [2.75, 3.05) is 23.3 Å². The van der Waals surface area contributed by atoms with Crippen molar-refractivity contribution in [1.82, 2.24) is 9.97 Å². The van der Waals surface area contributed by atoms with Crippen molar-refractivity contribution >= 4 is 39.9 Å². The highest BCUT2D eigenvalue weighted by Gasteiger charge is 2.12. The Morgan fingerprint density at radius 3 is 2.65 bits per heavy atom. The van der Waals surface area contributed by atoms with Gasteiger partial charge in [0.1, 0.15) is 11.0 Å². The van der Waals surface area contributed by atoms with E-state index < -0.39 is 0 Å². The van der Waals surface area contributed by atoms with Crippen LogP contribution in [0.5, 0.6) is 0 Å². The number of fused-ring (bicyclic) bond motifs is 1. The lowest BCUT2D eigenvalue weighted by molar-refractivity contribution is 0.102. The molecule has 0 saturated carbocycles. The predicted molar refractivity (Wildman–Crippen MR) is 107 cm³/mol. The molecule has 2 heterocycles. The molecule has 0 unspecified atom stereocenters. The van der Waals surface area contributed by atoms with Crippen LogP contribution < -0.4 is 10.2 Å². The number of halogens is 1. The highest BCUT2D eigenvalue weighted by molar-refractivity contribution is 6.33. The van der Waals surface area contributed by atoms with Gasteiger partial charge in [0.25, 0.3) is 5.91 Å². The number of carbonyl (C=O) groups excluding carboxylic acids is 1. The fourth-order valence-electron chi connectivity index (χ4n) is 2.92. The third-order valence-electron chi connectivity index (χ3n) is 4.35. The molecule has 5 nitrogen and oxygen atoms in total. The number of anilines is 2. The molecule has 1 amide bonds. The number of benzene rings is 1. The maximum Gasteiger partial charge on any atom is 0.258 e. The quantitative estimate of drug-likeness (QED) is 0.664. The highest BCUT2D eigenvalue weighted by Crippen LogP contribution is 2.26. The zero-order valence-electron chi connectivity index (χ0n) is 15.1. The van der Waals surface area contributed by atoms with Gasteiger partial charge >= 0.3 is 0 Å². The van der Waals surface area contributed by atoms with Gasteiger partial charge in [0.15, 0.2) is 0 Å². The van der Waals surface area contributed by atoms with Crippen LogP contribution in [-0.4, -0.2) is 29.0 Å². The van der Waals surface area contributed by atoms with Crippen LogP contribution >= 0.6 is 11.6 Å². The van der Waals surface area contributed by atoms with Crippen LogP contribution in [0.25, 0.3) is 10.9 Å². The van der Waals surface area contributed by atoms with Crippen LogP contribution in [0.3, 0.4) is 0 Å². The number of pyridine rings is 2. The van der Waals surface area contributed by atoms with Crippen LogP contribution in [0.15, 0.2) is 42.6 Å². The summed E-state index contributed by atoms with van der Waals surface area (Å²) in [5.41, 5.74) is 3.07. The Balaban J connectivity index is 1.92. The summed E-state index contributed by atoms with van der Waals surface area (Å²) in [6, 6.07) is 11.1. The first-order valence-corrected chi connectivity index (χ1v) is 8.99. The predicted octanol–water partition coefficient (Wildman–Crippen LogP) is 4.69. The van der Waals surface area contributed by atoms with Gasteiger partial charge in [-0.1, -0.05) is 11.6 Å². The minimum Gasteiger partial charge on any atom is -0.357 e. The largest absolute Gasteiger partial charge is 0.357 e. The van der Waals surface area contributed by atoms with Crippen LogP contribution in [-0.2, 0) is 0 Å². The zero-order valence-corrected chi connectivity index (χ0v) is 15.8. The number of aromatic nitrogens is 2. The Morgan fingerprint density at radius 1 is 1.19 bits per heavy atom. The monoisotopic (exact) mass is 368 g/mol. The lowest BCUT2D eigenvalue weighted by atomic mass is 10.1. The van der Waals surface area contributed by atoms with Gasteiger partial charge in [0, 0.05) is 30.4 Å². The Bertz CT molecular complexity index is 954. The maximum absolute atomic E-state index is 12.4. The molecule has 134 valence electrons. The Morgan fingerprint density at radius 2 is 1.96 bits per heavy atom. The van der Waals surface area contributed by atoms with E-state index in [1.807, 2.05) is 18.2 Å². The van der Waals surface area contributed by atoms with Gasteiger partial charge in [-0.2, -0.15) is 0 Å². The molecule has 0 radical (unpaired) electrons. The summed E-state index contributed by atoms with van der Waals surface area (Å²) in [5, 5.41) is 4.07. The molecule has 3 rings (SSSR count). The van der Waals surface area contributed by atoms with Crippen molar-refractivity contribution in [3.05, 3.63) is 58.9 Å². The SMILES string of the molecule is CCN(CC)c1cc(C)c2cc(NC(=O)c3cccnc3Cl)ccc2n1. The van der Waals surface area contributed by atoms with E-state index in [2.05, 4.69) is 42.0 Å². The fourth-order valence-corrected chi connectivity index (χ4v) is 3.12. The highest BCUT2D eigenvalue weighted by atomic mass is 35.5. The molecule has 0 aliphatic carbocycles. The molecule has 1 N–H and O–H groups in total. The number of hydrogen-bond acceptors (Lipinski definition) is 4. The van der Waals surface area contributed by atoms with E-state index in [0.29, 0.717) is 11.3 Å². The molecular formula is C20H21ClN4O. The number of aryl methyl sites for hydroxylation is 1. The van der Waals surface area contributed by atoms with E-state index in [1.54, 1.807) is 18.3 Å². The summed E-state index contributed by atoms with van der Waals surface area (Å²) >= 11 is 5.99. The first kappa shape index (κ1) is 18.1. The van der Waals surface area contributed by atoms with Gasteiger partial charge in [-0.15, -0.1) is 0 Å². The van der Waals surface area contributed by atoms with Gasteiger partial charge < -0.3 is 10.2 Å². The summed E-state index contributed by atoms with van der Waals surface area (Å²) in [4.78, 5) is 23.3. The number of rotatable bonds is 5. The molecule has 6 heteroatoms. The lowest BCUT2D eigenvalue weighted by Crippen LogP contribution is -2.23. The van der Waals surface area contributed by atoms with Crippen molar-refractivity contribution in [3.63, 3.8) is 0 Å². The van der Waals surface area contributed by atoms with E-state index >= 15 is 0 Å². The number of nitrogens with one attached hydrogen (secondary N) is 1. The van der Waals surface area contributed by atoms with Crippen LogP contribution in [0.2, 0.25) is 5.15 Å². The smallest absolute Gasteiger partial charge is 0.258 e. The topological polar surface area (TPSA) is 58.1 Å². The molecule has 0 aliphatic rings. The minimum absolute atomic E-state index is 0.188. The fraction of sp³-hybridized carbons (Fsp3) is 0.250. The summed E-state index contributed by atoms with van der Waals surface area (Å²) in [6.07, 6.45) is 1.55. The van der Waals surface area contributed by atoms with E-state index in [-0.39, 0.29) is 11.1 Å². The molecule has 0 bridgehead atoms. The van der Waals surface area contributed by atoms with Crippen molar-refractivity contribution < 1.29 is 4.79 Å². The first-order chi connectivity index (χ1) is 12.5. The molecule has 2 aromatic heterocycles. The van der Waals surface area contributed by atoms with Gasteiger partial charge in [0.05, 0.1) is 11.1 Å². The molecule has 26 heavy (non-hydrogen) atoms. The number of amides is 1. The number of nitrogens with zero attached hydrogens (tertiary/aromatic N) is 3. The second kappa shape index (κ2) is 7.70. The molecule has 0 atom stereocenters. The summed E-state index contributed by atoms with van der Waals surface area (Å²) in [6.45, 7) is 8.11. The van der Waals surface area contributed by atoms with Crippen LogP contribution in [0.1, 0.15) is 29.8 Å². The minimum atomic E-state index is -0.284. The summed E-state index contributed by atoms with van der Waals surface area (Å²) < 4.78 is 0. The molecule has 0 aliphatic heterocycles. The third kappa shape index (κ3) is 3.63. The lowest BCUT2D eigenvalue weighted by Gasteiger charge is -2.21. The Labute approximate surface area is 158 Å². The molecule has 3 aromatic rings. The third-order valence-corrected chi connectivity index (χ3v) is 4.65. The zero-order chi connectivity index (χ0) is 18.7. The van der Waals surface area contributed by atoms with E-state index in [4.69, 9.17) is 16.6 Å². The normalized spacial score (nSPS) is 10.8. The maximum atomic E-state index is 12.4. The van der Waals surface area contributed by atoms with Crippen LogP contribution in [0, 0.1) is 6.92 Å². The van der Waals surface area contributed by atoms with Gasteiger partial charge in [-0.25, -0.2) is 9.97 Å². The standard InChI is InChI=1S/C20H21ClN4O/c1-4-25(5-2)18-11-13(3)16-12-14(8-9-17(16)24-18)23-20(26)15-7-6-10-22-19(15)21/h6-12H,4-5H2,1-3H3,(H,23,26). The second-order valence-corrected chi connectivity index (χ2v) is 6.36. The first-order valence-electron chi connectivity index (χ1n) is 8.61. The van der Waals surface area contributed by atoms with Crippen molar-refractivity contribution in [3.8, 4) is 0 Å². The molecular weight excluding hydrogens is 348 g/mol. The number of hydrogen-bond donors (Lipinski definition) is 1. The van der Waals surface area contributed by atoms with Crippen molar-refractivity contribution in [2.24, 2.45) is 0 Å². The van der Waals surface area contributed by atoms with Crippen LogP contribution in [0.4, 0.5) is 11.5 Å². The Hall–Kier alpha value is -2.66. The van der Waals surface area contributed by atoms with E-state index in [9.17, 15) is 4.79 Å². The molecule has 0 spiro atoms. The second-order valence-electron chi connectivity index (χ2n) is 6.00. The van der Waals surface area contributed by atoms with E-state index in [1.165, 1.54) is 0 Å². The van der Waals surface area contributed by atoms with E-state index in [0.717, 1.165) is 35.4 Å². The molecule has 0 fully saturated rings. The van der Waals surface area contributed by atoms with Crippen molar-refractivity contribution in [2.45, 2.75) is 20.8 Å². The summed E-state index contributed by atoms with van der Waals surface area (Å²) in [5.74, 6) is 0.687.